The van der Waals surface area contributed by atoms with E-state index in [0.29, 0.717) is 29.8 Å². The molecule has 1 amide bonds. The first-order valence-corrected chi connectivity index (χ1v) is 9.41. The minimum atomic E-state index is -0.928. The van der Waals surface area contributed by atoms with Crippen molar-refractivity contribution in [2.45, 2.75) is 39.7 Å². The van der Waals surface area contributed by atoms with Gasteiger partial charge < -0.3 is 10.1 Å². The molecule has 0 fully saturated rings. The van der Waals surface area contributed by atoms with Gasteiger partial charge in [-0.1, -0.05) is 32.0 Å². The monoisotopic (exact) mass is 396 g/mol. The summed E-state index contributed by atoms with van der Waals surface area (Å²) in [6, 6.07) is 9.34. The maximum Gasteiger partial charge on any atom is 0.328 e. The Morgan fingerprint density at radius 1 is 1.14 bits per heavy atom. The summed E-state index contributed by atoms with van der Waals surface area (Å²) in [7, 11) is 1.21. The molecule has 7 heteroatoms. The number of esters is 1. The van der Waals surface area contributed by atoms with Crippen molar-refractivity contribution in [2.75, 3.05) is 7.11 Å². The number of fused-ring (bicyclic) bond motifs is 1. The van der Waals surface area contributed by atoms with E-state index < -0.39 is 23.5 Å². The molecule has 1 aromatic heterocycles. The Balaban J connectivity index is 2.19. The summed E-state index contributed by atoms with van der Waals surface area (Å²) in [5.74, 6) is -1.47. The van der Waals surface area contributed by atoms with Crippen LogP contribution in [-0.4, -0.2) is 35.4 Å². The number of rotatable bonds is 4. The van der Waals surface area contributed by atoms with Gasteiger partial charge in [0.2, 0.25) is 0 Å². The number of hydrogen-bond acceptors (Lipinski definition) is 5. The zero-order chi connectivity index (χ0) is 21.3. The van der Waals surface area contributed by atoms with Crippen molar-refractivity contribution in [3.63, 3.8) is 0 Å². The van der Waals surface area contributed by atoms with E-state index >= 15 is 0 Å². The molecule has 1 aromatic carbocycles. The lowest BCUT2D eigenvalue weighted by Gasteiger charge is -2.32. The lowest BCUT2D eigenvalue weighted by atomic mass is 9.75. The van der Waals surface area contributed by atoms with E-state index in [0.717, 1.165) is 0 Å². The SMILES string of the molecule is COC(=O)C(C)NC(=O)c1cc2c(n(-c3ccccc3)c1=O)CC(C)(C)CC2=O. The molecule has 1 atom stereocenters. The molecule has 1 aliphatic rings. The lowest BCUT2D eigenvalue weighted by Crippen LogP contribution is -2.43. The van der Waals surface area contributed by atoms with E-state index in [1.54, 1.807) is 24.3 Å². The third-order valence-electron chi connectivity index (χ3n) is 5.05. The molecule has 0 spiro atoms. The van der Waals surface area contributed by atoms with Crippen LogP contribution in [0.15, 0.2) is 41.2 Å². The number of methoxy groups -OCH3 is 1. The number of benzene rings is 1. The molecule has 0 aliphatic heterocycles. The summed E-state index contributed by atoms with van der Waals surface area (Å²) >= 11 is 0. The molecule has 0 saturated heterocycles. The summed E-state index contributed by atoms with van der Waals surface area (Å²) < 4.78 is 6.05. The molecule has 1 aliphatic carbocycles. The first-order valence-electron chi connectivity index (χ1n) is 9.41. The van der Waals surface area contributed by atoms with Gasteiger partial charge in [-0.2, -0.15) is 0 Å². The van der Waals surface area contributed by atoms with Gasteiger partial charge in [0.25, 0.3) is 11.5 Å². The molecular weight excluding hydrogens is 372 g/mol. The third-order valence-corrected chi connectivity index (χ3v) is 5.05. The smallest absolute Gasteiger partial charge is 0.328 e. The van der Waals surface area contributed by atoms with Gasteiger partial charge in [-0.15, -0.1) is 0 Å². The molecule has 0 bridgehead atoms. The highest BCUT2D eigenvalue weighted by molar-refractivity contribution is 6.03. The van der Waals surface area contributed by atoms with Gasteiger partial charge in [-0.05, 0) is 37.0 Å². The van der Waals surface area contributed by atoms with Crippen LogP contribution in [0.1, 0.15) is 53.6 Å². The second-order valence-electron chi connectivity index (χ2n) is 8.05. The zero-order valence-corrected chi connectivity index (χ0v) is 16.9. The minimum Gasteiger partial charge on any atom is -0.467 e. The molecule has 3 rings (SSSR count). The van der Waals surface area contributed by atoms with E-state index in [2.05, 4.69) is 10.1 Å². The number of amides is 1. The van der Waals surface area contributed by atoms with E-state index in [9.17, 15) is 19.2 Å². The van der Waals surface area contributed by atoms with Crippen LogP contribution in [0.4, 0.5) is 0 Å². The summed E-state index contributed by atoms with van der Waals surface area (Å²) in [6.07, 6.45) is 0.852. The highest BCUT2D eigenvalue weighted by atomic mass is 16.5. The van der Waals surface area contributed by atoms with Crippen molar-refractivity contribution in [3.05, 3.63) is 63.6 Å². The van der Waals surface area contributed by atoms with Gasteiger partial charge in [0.1, 0.15) is 11.6 Å². The number of pyridine rings is 1. The van der Waals surface area contributed by atoms with Crippen LogP contribution in [0, 0.1) is 5.41 Å². The molecule has 29 heavy (non-hydrogen) atoms. The van der Waals surface area contributed by atoms with E-state index in [1.807, 2.05) is 19.9 Å². The van der Waals surface area contributed by atoms with Crippen LogP contribution < -0.4 is 10.9 Å². The fourth-order valence-electron chi connectivity index (χ4n) is 3.64. The Morgan fingerprint density at radius 3 is 2.41 bits per heavy atom. The van der Waals surface area contributed by atoms with Gasteiger partial charge in [0, 0.05) is 23.4 Å². The summed E-state index contributed by atoms with van der Waals surface area (Å²) in [5.41, 5.74) is 0.529. The van der Waals surface area contributed by atoms with Crippen molar-refractivity contribution in [1.29, 1.82) is 0 Å². The number of Topliss-reactive ketones (excluding diaryl/α,β-unsaturated/α-hetero) is 1. The average molecular weight is 396 g/mol. The molecule has 7 nitrogen and oxygen atoms in total. The van der Waals surface area contributed by atoms with Gasteiger partial charge >= 0.3 is 5.97 Å². The highest BCUT2D eigenvalue weighted by Gasteiger charge is 2.35. The number of aromatic nitrogens is 1. The van der Waals surface area contributed by atoms with Crippen molar-refractivity contribution in [3.8, 4) is 5.69 Å². The summed E-state index contributed by atoms with van der Waals surface area (Å²) in [5, 5.41) is 2.47. The number of ketones is 1. The zero-order valence-electron chi connectivity index (χ0n) is 16.9. The molecule has 0 saturated carbocycles. The number of nitrogens with one attached hydrogen (secondary N) is 1. The van der Waals surface area contributed by atoms with Crippen LogP contribution in [0.2, 0.25) is 0 Å². The predicted molar refractivity (Wildman–Crippen MR) is 107 cm³/mol. The Kier molecular flexibility index (Phi) is 5.42. The maximum absolute atomic E-state index is 13.3. The van der Waals surface area contributed by atoms with E-state index in [4.69, 9.17) is 0 Å². The van der Waals surface area contributed by atoms with Gasteiger partial charge in [-0.3, -0.25) is 19.0 Å². The largest absolute Gasteiger partial charge is 0.467 e. The topological polar surface area (TPSA) is 94.5 Å². The fraction of sp³-hybridized carbons (Fsp3) is 0.364. The van der Waals surface area contributed by atoms with Gasteiger partial charge in [0.15, 0.2) is 5.78 Å². The Bertz CT molecular complexity index is 1040. The standard InChI is InChI=1S/C22H24N2O5/c1-13(21(28)29-4)23-19(26)16-10-15-17(11-22(2,3)12-18(15)25)24(20(16)27)14-8-6-5-7-9-14/h5-10,13H,11-12H2,1-4H3,(H,23,26). The van der Waals surface area contributed by atoms with E-state index in [-0.39, 0.29) is 16.8 Å². The second kappa shape index (κ2) is 7.66. The van der Waals surface area contributed by atoms with Crippen LogP contribution >= 0.6 is 0 Å². The number of para-hydroxylation sites is 1. The van der Waals surface area contributed by atoms with Crippen molar-refractivity contribution in [2.24, 2.45) is 5.41 Å². The highest BCUT2D eigenvalue weighted by Crippen LogP contribution is 2.35. The Morgan fingerprint density at radius 2 is 1.79 bits per heavy atom. The molecule has 2 aromatic rings. The van der Waals surface area contributed by atoms with Gasteiger partial charge in [0.05, 0.1) is 7.11 Å². The fourth-order valence-corrected chi connectivity index (χ4v) is 3.64. The normalized spacial score (nSPS) is 15.9. The predicted octanol–water partition coefficient (Wildman–Crippen LogP) is 2.28. The van der Waals surface area contributed by atoms with Crippen LogP contribution in [0.25, 0.3) is 5.69 Å². The number of hydrogen-bond donors (Lipinski definition) is 1. The lowest BCUT2D eigenvalue weighted by molar-refractivity contribution is -0.142. The average Bonchev–Trinajstić information content (AvgIpc) is 2.66. The molecule has 1 unspecified atom stereocenters. The quantitative estimate of drug-likeness (QED) is 0.800. The van der Waals surface area contributed by atoms with Crippen molar-refractivity contribution >= 4 is 17.7 Å². The summed E-state index contributed by atoms with van der Waals surface area (Å²) in [4.78, 5) is 50.5. The van der Waals surface area contributed by atoms with E-state index in [1.165, 1.54) is 24.7 Å². The molecule has 152 valence electrons. The van der Waals surface area contributed by atoms with Crippen molar-refractivity contribution in [1.82, 2.24) is 9.88 Å². The number of carbonyl (C=O) groups is 3. The maximum atomic E-state index is 13.3. The van der Waals surface area contributed by atoms with Crippen LogP contribution in [-0.2, 0) is 16.0 Å². The van der Waals surface area contributed by atoms with Gasteiger partial charge in [-0.25, -0.2) is 4.79 Å². The first-order chi connectivity index (χ1) is 13.6. The molecular formula is C22H24N2O5. The number of carbonyl (C=O) groups excluding carboxylic acids is 3. The number of ether oxygens (including phenoxy) is 1. The van der Waals surface area contributed by atoms with Crippen LogP contribution in [0.3, 0.4) is 0 Å². The molecule has 1 heterocycles. The second-order valence-corrected chi connectivity index (χ2v) is 8.05. The minimum absolute atomic E-state index is 0.115. The number of nitrogens with zero attached hydrogens (tertiary/aromatic N) is 1. The molecule has 1 N–H and O–H groups in total. The Labute approximate surface area is 168 Å². The third kappa shape index (κ3) is 3.99. The first kappa shape index (κ1) is 20.5. The van der Waals surface area contributed by atoms with Crippen molar-refractivity contribution < 1.29 is 19.1 Å². The Hall–Kier alpha value is -3.22. The van der Waals surface area contributed by atoms with Crippen LogP contribution in [0.5, 0.6) is 0 Å². The summed E-state index contributed by atoms with van der Waals surface area (Å²) in [6.45, 7) is 5.42. The molecule has 0 radical (unpaired) electrons.